The molecule has 0 radical (unpaired) electrons. The van der Waals surface area contributed by atoms with Crippen molar-refractivity contribution in [3.8, 4) is 16.9 Å². The van der Waals surface area contributed by atoms with Crippen LogP contribution in [0, 0.1) is 0 Å². The first-order valence-electron chi connectivity index (χ1n) is 12.2. The van der Waals surface area contributed by atoms with Gasteiger partial charge in [-0.1, -0.05) is 6.07 Å². The molecular weight excluding hydrogens is 486 g/mol. The minimum Gasteiger partial charge on any atom is -0.383 e. The van der Waals surface area contributed by atoms with Crippen molar-refractivity contribution in [2.24, 2.45) is 0 Å². The van der Waals surface area contributed by atoms with E-state index in [1.807, 2.05) is 31.3 Å². The Balaban J connectivity index is 1.37. The van der Waals surface area contributed by atoms with Crippen molar-refractivity contribution in [3.63, 3.8) is 0 Å². The van der Waals surface area contributed by atoms with Gasteiger partial charge in [-0.15, -0.1) is 0 Å². The number of likely N-dealkylation sites (tertiary alicyclic amines) is 1. The Bertz CT molecular complexity index is 1640. The van der Waals surface area contributed by atoms with E-state index in [2.05, 4.69) is 30.4 Å². The molecule has 13 nitrogen and oxygen atoms in total. The molecule has 13 heteroatoms. The van der Waals surface area contributed by atoms with Crippen molar-refractivity contribution in [1.82, 2.24) is 49.4 Å². The lowest BCUT2D eigenvalue weighted by Gasteiger charge is -2.37. The van der Waals surface area contributed by atoms with E-state index in [4.69, 9.17) is 10.7 Å². The highest BCUT2D eigenvalue weighted by atomic mass is 16.2. The van der Waals surface area contributed by atoms with Crippen LogP contribution in [0.15, 0.2) is 49.3 Å². The average molecular weight is 512 g/mol. The summed E-state index contributed by atoms with van der Waals surface area (Å²) in [5.41, 5.74) is 9.57. The summed E-state index contributed by atoms with van der Waals surface area (Å²) in [7, 11) is 0. The number of aromatic amines is 1. The molecule has 0 bridgehead atoms. The number of pyridine rings is 1. The standard InChI is InChI=1S/C25H25N11O2/c1-14-9-16(6-8-34(14)25(38)23-28-13-29-33-23)21-20(15(2)37)22(26)36-24(32-21)18(11-31-36)17-10-30-35(12-17)19-5-3-4-7-27-19/h3-5,7,10-14,16H,6,8-9,26H2,1-2H3,(H,28,29,33)/t14-,16+/m0/s1. The van der Waals surface area contributed by atoms with Gasteiger partial charge in [-0.05, 0) is 38.8 Å². The summed E-state index contributed by atoms with van der Waals surface area (Å²) in [6.45, 7) is 3.94. The van der Waals surface area contributed by atoms with E-state index >= 15 is 0 Å². The maximum Gasteiger partial charge on any atom is 0.291 e. The number of nitrogens with zero attached hydrogens (tertiary/aromatic N) is 9. The van der Waals surface area contributed by atoms with Crippen molar-refractivity contribution in [3.05, 3.63) is 66.4 Å². The normalized spacial score (nSPS) is 17.7. The quantitative estimate of drug-likeness (QED) is 0.337. The summed E-state index contributed by atoms with van der Waals surface area (Å²) in [6, 6.07) is 5.49. The molecule has 0 aromatic carbocycles. The molecule has 3 N–H and O–H groups in total. The summed E-state index contributed by atoms with van der Waals surface area (Å²) < 4.78 is 3.18. The number of nitrogen functional groups attached to an aromatic ring is 1. The average Bonchev–Trinajstić information content (AvgIpc) is 3.69. The molecular formula is C25H25N11O2. The zero-order chi connectivity index (χ0) is 26.4. The summed E-state index contributed by atoms with van der Waals surface area (Å²) in [5, 5.41) is 15.3. The molecule has 0 unspecified atom stereocenters. The SMILES string of the molecule is CC(=O)c1c([C@@H]2CCN(C(=O)c3ncn[nH]3)[C@@H](C)C2)nc2c(-c3cnn(-c4ccccn4)c3)cnn2c1N. The summed E-state index contributed by atoms with van der Waals surface area (Å²) in [6.07, 6.45) is 9.50. The van der Waals surface area contributed by atoms with E-state index < -0.39 is 0 Å². The van der Waals surface area contributed by atoms with E-state index in [9.17, 15) is 9.59 Å². The lowest BCUT2D eigenvalue weighted by Crippen LogP contribution is -2.44. The van der Waals surface area contributed by atoms with Crippen molar-refractivity contribution < 1.29 is 9.59 Å². The Morgan fingerprint density at radius 3 is 2.74 bits per heavy atom. The summed E-state index contributed by atoms with van der Waals surface area (Å²) in [5.74, 6) is 0.676. The highest BCUT2D eigenvalue weighted by Gasteiger charge is 2.34. The van der Waals surface area contributed by atoms with Gasteiger partial charge < -0.3 is 10.6 Å². The van der Waals surface area contributed by atoms with Gasteiger partial charge in [0.25, 0.3) is 5.91 Å². The van der Waals surface area contributed by atoms with Gasteiger partial charge in [-0.2, -0.15) is 19.8 Å². The fourth-order valence-corrected chi connectivity index (χ4v) is 5.14. The first kappa shape index (κ1) is 23.5. The number of carbonyl (C=O) groups excluding carboxylic acids is 2. The third kappa shape index (κ3) is 3.88. The molecule has 192 valence electrons. The number of anilines is 1. The number of fused-ring (bicyclic) bond motifs is 1. The van der Waals surface area contributed by atoms with Gasteiger partial charge in [0, 0.05) is 42.0 Å². The number of carbonyl (C=O) groups is 2. The van der Waals surface area contributed by atoms with Crippen molar-refractivity contribution in [1.29, 1.82) is 0 Å². The van der Waals surface area contributed by atoms with Crippen LogP contribution >= 0.6 is 0 Å². The van der Waals surface area contributed by atoms with Crippen LogP contribution in [-0.2, 0) is 0 Å². The highest BCUT2D eigenvalue weighted by Crippen LogP contribution is 2.36. The molecule has 1 aliphatic heterocycles. The Hall–Kier alpha value is -4.94. The molecule has 0 aliphatic carbocycles. The van der Waals surface area contributed by atoms with E-state index in [1.165, 1.54) is 17.8 Å². The first-order chi connectivity index (χ1) is 18.4. The maximum atomic E-state index is 12.9. The van der Waals surface area contributed by atoms with Crippen LogP contribution in [0.1, 0.15) is 59.3 Å². The van der Waals surface area contributed by atoms with E-state index in [1.54, 1.807) is 28.2 Å². The number of rotatable bonds is 5. The lowest BCUT2D eigenvalue weighted by molar-refractivity contribution is 0.0601. The number of hydrogen-bond donors (Lipinski definition) is 2. The van der Waals surface area contributed by atoms with Gasteiger partial charge in [0.1, 0.15) is 12.1 Å². The van der Waals surface area contributed by atoms with Crippen molar-refractivity contribution in [2.75, 3.05) is 12.3 Å². The van der Waals surface area contributed by atoms with Crippen LogP contribution in [0.2, 0.25) is 0 Å². The molecule has 1 aliphatic rings. The molecule has 2 atom stereocenters. The second kappa shape index (κ2) is 9.18. The Morgan fingerprint density at radius 1 is 1.16 bits per heavy atom. The number of nitrogens with one attached hydrogen (secondary N) is 1. The van der Waals surface area contributed by atoms with Crippen molar-refractivity contribution in [2.45, 2.75) is 38.6 Å². The topological polar surface area (TPSA) is 166 Å². The molecule has 6 heterocycles. The molecule has 5 aromatic heterocycles. The molecule has 38 heavy (non-hydrogen) atoms. The fourth-order valence-electron chi connectivity index (χ4n) is 5.14. The number of Topliss-reactive ketones (excluding diaryl/α,β-unsaturated/α-hetero) is 1. The van der Waals surface area contributed by atoms with E-state index in [-0.39, 0.29) is 35.3 Å². The highest BCUT2D eigenvalue weighted by molar-refractivity contribution is 6.00. The minimum atomic E-state index is -0.203. The maximum absolute atomic E-state index is 12.9. The zero-order valence-corrected chi connectivity index (χ0v) is 20.8. The first-order valence-corrected chi connectivity index (χ1v) is 12.2. The number of ketones is 1. The van der Waals surface area contributed by atoms with Crippen LogP contribution in [-0.4, -0.2) is 73.7 Å². The number of piperidine rings is 1. The number of aromatic nitrogens is 9. The monoisotopic (exact) mass is 511 g/mol. The predicted molar refractivity (Wildman–Crippen MR) is 137 cm³/mol. The summed E-state index contributed by atoms with van der Waals surface area (Å²) in [4.78, 5) is 40.7. The van der Waals surface area contributed by atoms with Gasteiger partial charge in [0.05, 0.1) is 23.7 Å². The molecule has 1 amide bonds. The number of hydrogen-bond acceptors (Lipinski definition) is 9. The lowest BCUT2D eigenvalue weighted by atomic mass is 9.86. The van der Waals surface area contributed by atoms with Gasteiger partial charge in [-0.25, -0.2) is 19.6 Å². The van der Waals surface area contributed by atoms with Crippen LogP contribution in [0.25, 0.3) is 22.6 Å². The second-order valence-corrected chi connectivity index (χ2v) is 9.37. The van der Waals surface area contributed by atoms with Gasteiger partial charge >= 0.3 is 0 Å². The molecule has 0 spiro atoms. The third-order valence-corrected chi connectivity index (χ3v) is 6.98. The predicted octanol–water partition coefficient (Wildman–Crippen LogP) is 2.29. The Morgan fingerprint density at radius 2 is 2.03 bits per heavy atom. The van der Waals surface area contributed by atoms with Crippen LogP contribution < -0.4 is 5.73 Å². The molecule has 0 saturated carbocycles. The number of H-pyrrole nitrogens is 1. The minimum absolute atomic E-state index is 0.0750. The van der Waals surface area contributed by atoms with Crippen molar-refractivity contribution >= 4 is 23.2 Å². The summed E-state index contributed by atoms with van der Waals surface area (Å²) >= 11 is 0. The van der Waals surface area contributed by atoms with Crippen LogP contribution in [0.5, 0.6) is 0 Å². The van der Waals surface area contributed by atoms with E-state index in [0.717, 1.165) is 11.1 Å². The van der Waals surface area contributed by atoms with E-state index in [0.29, 0.717) is 42.1 Å². The Labute approximate surface area is 216 Å². The van der Waals surface area contributed by atoms with Crippen LogP contribution in [0.3, 0.4) is 0 Å². The molecule has 5 aromatic rings. The van der Waals surface area contributed by atoms with Crippen LogP contribution in [0.4, 0.5) is 5.82 Å². The molecule has 1 fully saturated rings. The van der Waals surface area contributed by atoms with Gasteiger partial charge in [-0.3, -0.25) is 14.7 Å². The number of amides is 1. The van der Waals surface area contributed by atoms with Gasteiger partial charge in [0.15, 0.2) is 17.2 Å². The fraction of sp³-hybridized carbons (Fsp3) is 0.280. The number of nitrogens with two attached hydrogens (primary N) is 1. The third-order valence-electron chi connectivity index (χ3n) is 6.98. The van der Waals surface area contributed by atoms with Gasteiger partial charge in [0.2, 0.25) is 5.82 Å². The largest absolute Gasteiger partial charge is 0.383 e. The second-order valence-electron chi connectivity index (χ2n) is 9.37. The Kier molecular flexibility index (Phi) is 5.66. The molecule has 6 rings (SSSR count). The molecule has 1 saturated heterocycles. The smallest absolute Gasteiger partial charge is 0.291 e. The zero-order valence-electron chi connectivity index (χ0n) is 20.8.